The highest BCUT2D eigenvalue weighted by Crippen LogP contribution is 2.17. The van der Waals surface area contributed by atoms with Crippen molar-refractivity contribution >= 4 is 17.8 Å². The number of nitrogens with two attached hydrogens (primary N) is 1. The Morgan fingerprint density at radius 3 is 2.94 bits per heavy atom. The highest BCUT2D eigenvalue weighted by atomic mass is 16.2. The normalized spacial score (nSPS) is 19.6. The van der Waals surface area contributed by atoms with E-state index in [-0.39, 0.29) is 29.5 Å². The number of carbonyl (C=O) groups is 2. The number of hydrogen-bond acceptors (Lipinski definition) is 5. The molecule has 0 aliphatic carbocycles. The summed E-state index contributed by atoms with van der Waals surface area (Å²) < 4.78 is 0. The van der Waals surface area contributed by atoms with E-state index in [1.165, 1.54) is 0 Å². The van der Waals surface area contributed by atoms with Crippen molar-refractivity contribution in [3.05, 3.63) is 5.82 Å². The smallest absolute Gasteiger partial charge is 0.291 e. The van der Waals surface area contributed by atoms with Crippen LogP contribution in [0.1, 0.15) is 23.5 Å². The van der Waals surface area contributed by atoms with Gasteiger partial charge in [-0.05, 0) is 12.8 Å². The maximum Gasteiger partial charge on any atom is 0.291 e. The Labute approximate surface area is 104 Å². The molecule has 1 fully saturated rings. The topological polar surface area (TPSA) is 117 Å². The average molecular weight is 252 g/mol. The van der Waals surface area contributed by atoms with Crippen molar-refractivity contribution in [2.24, 2.45) is 5.92 Å². The fraction of sp³-hybridized carbons (Fsp3) is 0.600. The number of hydrogen-bond donors (Lipinski definition) is 3. The van der Waals surface area contributed by atoms with Crippen LogP contribution in [0.5, 0.6) is 0 Å². The molecule has 4 N–H and O–H groups in total. The number of rotatable bonds is 2. The fourth-order valence-corrected chi connectivity index (χ4v) is 2.10. The number of carbonyl (C=O) groups excluding carboxylic acids is 2. The predicted molar refractivity (Wildman–Crippen MR) is 63.5 cm³/mol. The van der Waals surface area contributed by atoms with E-state index in [9.17, 15) is 9.59 Å². The third-order valence-electron chi connectivity index (χ3n) is 3.03. The lowest BCUT2D eigenvalue weighted by Crippen LogP contribution is -2.45. The first-order chi connectivity index (χ1) is 8.61. The molecule has 18 heavy (non-hydrogen) atoms. The Bertz CT molecular complexity index is 457. The zero-order chi connectivity index (χ0) is 13.1. The quantitative estimate of drug-likeness (QED) is 0.623. The zero-order valence-corrected chi connectivity index (χ0v) is 10.1. The SMILES string of the molecule is CNC(=O)C1CCCN(C(=O)c2nc(N)n[nH]2)C1. The third-order valence-corrected chi connectivity index (χ3v) is 3.03. The highest BCUT2D eigenvalue weighted by Gasteiger charge is 2.29. The Morgan fingerprint density at radius 2 is 2.33 bits per heavy atom. The molecule has 0 radical (unpaired) electrons. The van der Waals surface area contributed by atoms with Crippen LogP contribution in [0.25, 0.3) is 0 Å². The van der Waals surface area contributed by atoms with Gasteiger partial charge in [-0.15, -0.1) is 5.10 Å². The molecular weight excluding hydrogens is 236 g/mol. The molecule has 1 saturated heterocycles. The number of aromatic amines is 1. The van der Waals surface area contributed by atoms with Crippen LogP contribution in [0.4, 0.5) is 5.95 Å². The number of piperidine rings is 1. The minimum absolute atomic E-state index is 0.0374. The van der Waals surface area contributed by atoms with E-state index < -0.39 is 0 Å². The van der Waals surface area contributed by atoms with Gasteiger partial charge in [0.05, 0.1) is 5.92 Å². The summed E-state index contributed by atoms with van der Waals surface area (Å²) in [5.41, 5.74) is 5.35. The van der Waals surface area contributed by atoms with Gasteiger partial charge in [-0.25, -0.2) is 0 Å². The molecule has 8 nitrogen and oxygen atoms in total. The number of aromatic nitrogens is 3. The molecule has 1 aliphatic heterocycles. The van der Waals surface area contributed by atoms with Crippen LogP contribution in [-0.2, 0) is 4.79 Å². The molecule has 0 aromatic carbocycles. The lowest BCUT2D eigenvalue weighted by atomic mass is 9.97. The second-order valence-electron chi connectivity index (χ2n) is 4.25. The van der Waals surface area contributed by atoms with Crippen molar-refractivity contribution in [3.8, 4) is 0 Å². The Kier molecular flexibility index (Phi) is 3.45. The number of amides is 2. The van der Waals surface area contributed by atoms with Gasteiger partial charge in [0.25, 0.3) is 5.91 Å². The van der Waals surface area contributed by atoms with Crippen LogP contribution >= 0.6 is 0 Å². The predicted octanol–water partition coefficient (Wildman–Crippen LogP) is -1.01. The second-order valence-corrected chi connectivity index (χ2v) is 4.25. The minimum atomic E-state index is -0.271. The van der Waals surface area contributed by atoms with Crippen LogP contribution in [0.2, 0.25) is 0 Å². The monoisotopic (exact) mass is 252 g/mol. The van der Waals surface area contributed by atoms with E-state index in [0.717, 1.165) is 12.8 Å². The van der Waals surface area contributed by atoms with E-state index in [2.05, 4.69) is 20.5 Å². The van der Waals surface area contributed by atoms with E-state index in [1.807, 2.05) is 0 Å². The van der Waals surface area contributed by atoms with Crippen molar-refractivity contribution in [2.45, 2.75) is 12.8 Å². The number of nitrogen functional groups attached to an aromatic ring is 1. The molecule has 2 amide bonds. The lowest BCUT2D eigenvalue weighted by molar-refractivity contribution is -0.125. The van der Waals surface area contributed by atoms with Gasteiger partial charge in [-0.3, -0.25) is 14.7 Å². The summed E-state index contributed by atoms with van der Waals surface area (Å²) in [6.45, 7) is 1.02. The van der Waals surface area contributed by atoms with Crippen LogP contribution in [0, 0.1) is 5.92 Å². The van der Waals surface area contributed by atoms with Gasteiger partial charge in [0, 0.05) is 20.1 Å². The Hall–Kier alpha value is -2.12. The highest BCUT2D eigenvalue weighted by molar-refractivity contribution is 5.91. The van der Waals surface area contributed by atoms with Gasteiger partial charge in [0.1, 0.15) is 0 Å². The molecule has 98 valence electrons. The molecule has 1 aromatic rings. The number of likely N-dealkylation sites (tertiary alicyclic amines) is 1. The van der Waals surface area contributed by atoms with Crippen molar-refractivity contribution in [3.63, 3.8) is 0 Å². The van der Waals surface area contributed by atoms with Gasteiger partial charge in [-0.2, -0.15) is 4.98 Å². The largest absolute Gasteiger partial charge is 0.366 e. The number of nitrogens with zero attached hydrogens (tertiary/aromatic N) is 3. The van der Waals surface area contributed by atoms with Gasteiger partial charge in [-0.1, -0.05) is 0 Å². The molecule has 0 saturated carbocycles. The van der Waals surface area contributed by atoms with E-state index in [1.54, 1.807) is 11.9 Å². The summed E-state index contributed by atoms with van der Waals surface area (Å²) in [5.74, 6) is -0.311. The maximum atomic E-state index is 12.1. The summed E-state index contributed by atoms with van der Waals surface area (Å²) in [7, 11) is 1.60. The minimum Gasteiger partial charge on any atom is -0.366 e. The van der Waals surface area contributed by atoms with Crippen LogP contribution < -0.4 is 11.1 Å². The number of H-pyrrole nitrogens is 1. The first-order valence-corrected chi connectivity index (χ1v) is 5.80. The number of anilines is 1. The number of nitrogens with one attached hydrogen (secondary N) is 2. The van der Waals surface area contributed by atoms with E-state index in [4.69, 9.17) is 5.73 Å². The van der Waals surface area contributed by atoms with E-state index in [0.29, 0.717) is 13.1 Å². The average Bonchev–Trinajstić information content (AvgIpc) is 2.83. The molecule has 1 aliphatic rings. The van der Waals surface area contributed by atoms with Gasteiger partial charge >= 0.3 is 0 Å². The van der Waals surface area contributed by atoms with Crippen molar-refractivity contribution in [1.82, 2.24) is 25.4 Å². The second kappa shape index (κ2) is 5.03. The van der Waals surface area contributed by atoms with E-state index >= 15 is 0 Å². The summed E-state index contributed by atoms with van der Waals surface area (Å²) >= 11 is 0. The molecule has 1 aromatic heterocycles. The molecule has 0 spiro atoms. The summed E-state index contributed by atoms with van der Waals surface area (Å²) in [5, 5.41) is 8.71. The van der Waals surface area contributed by atoms with Gasteiger partial charge in [0.2, 0.25) is 17.7 Å². The Morgan fingerprint density at radius 1 is 1.56 bits per heavy atom. The standard InChI is InChI=1S/C10H16N6O2/c1-12-8(17)6-3-2-4-16(5-6)9(18)7-13-10(11)15-14-7/h6H,2-5H2,1H3,(H,12,17)(H3,11,13,14,15). The molecule has 2 heterocycles. The van der Waals surface area contributed by atoms with Crippen molar-refractivity contribution in [1.29, 1.82) is 0 Å². The lowest BCUT2D eigenvalue weighted by Gasteiger charge is -2.31. The molecule has 1 unspecified atom stereocenters. The van der Waals surface area contributed by atoms with Crippen LogP contribution in [0.3, 0.4) is 0 Å². The van der Waals surface area contributed by atoms with Crippen LogP contribution in [-0.4, -0.2) is 52.0 Å². The Balaban J connectivity index is 2.05. The summed E-state index contributed by atoms with van der Waals surface area (Å²) in [4.78, 5) is 29.0. The third kappa shape index (κ3) is 2.41. The zero-order valence-electron chi connectivity index (χ0n) is 10.1. The molecule has 1 atom stereocenters. The fourth-order valence-electron chi connectivity index (χ4n) is 2.10. The summed E-state index contributed by atoms with van der Waals surface area (Å²) in [6.07, 6.45) is 1.59. The first kappa shape index (κ1) is 12.3. The molecular formula is C10H16N6O2. The molecule has 0 bridgehead atoms. The molecule has 2 rings (SSSR count). The van der Waals surface area contributed by atoms with Crippen LogP contribution in [0.15, 0.2) is 0 Å². The van der Waals surface area contributed by atoms with Gasteiger partial charge < -0.3 is 16.0 Å². The molecule has 8 heteroatoms. The first-order valence-electron chi connectivity index (χ1n) is 5.80. The van der Waals surface area contributed by atoms with Crippen molar-refractivity contribution in [2.75, 3.05) is 25.9 Å². The summed E-state index contributed by atoms with van der Waals surface area (Å²) in [6, 6.07) is 0. The van der Waals surface area contributed by atoms with Gasteiger partial charge in [0.15, 0.2) is 0 Å². The maximum absolute atomic E-state index is 12.1. The van der Waals surface area contributed by atoms with Crippen molar-refractivity contribution < 1.29 is 9.59 Å².